The second kappa shape index (κ2) is 50.0. The van der Waals surface area contributed by atoms with Gasteiger partial charge in [0.25, 0.3) is 0 Å². The number of nitrogens with two attached hydrogens (primary N) is 2. The zero-order chi connectivity index (χ0) is 94.1. The van der Waals surface area contributed by atoms with Crippen LogP contribution in [-0.2, 0) is 104 Å². The number of phenolic OH excluding ortho intramolecular Hbond substituents is 3. The van der Waals surface area contributed by atoms with Gasteiger partial charge in [-0.05, 0) is 121 Å². The summed E-state index contributed by atoms with van der Waals surface area (Å²) in [6, 6.07) is -3.84. The highest BCUT2D eigenvalue weighted by Gasteiger charge is 2.43. The van der Waals surface area contributed by atoms with E-state index in [0.717, 1.165) is 0 Å². The lowest BCUT2D eigenvalue weighted by Gasteiger charge is -2.32. The SMILES string of the molecule is CC[C@H](C)[C@H](NC(=O)[C@H](Cc1ccc(O)cc1)NC(=O)[C@@H](NC(=O)[C@H](CCCNC(=N)N)NC(=O)[C@@H](N)CC(=O)O)C(C)C)C(=O)N[C@@H](Cc1cnc[nH]1)C(=O)N1CCC[C@H]1C(=O)N[C@H](C(=O)N[C@@H](Cc1cnc[nH]1)C(=O)N[C@@H](CC(C)C)C(=O)N[C@@H](CC(C)C)C(=O)N[C@@H](Cc1ccc(O)cc1)C(=O)N[C@@H](Cc1ccc(O)cc1)C(=O)N[C@@H](CO)C(=O)O)C(C)C. The number of rotatable bonds is 51. The average molecular weight is 1780 g/mol. The molecule has 0 spiro atoms. The van der Waals surface area contributed by atoms with Gasteiger partial charge in [-0.1, -0.05) is 112 Å². The van der Waals surface area contributed by atoms with Crippen LogP contribution < -0.4 is 80.6 Å². The molecule has 0 unspecified atom stereocenters. The van der Waals surface area contributed by atoms with E-state index >= 15 is 9.59 Å². The maximum absolute atomic E-state index is 15.3. The molecule has 3 aromatic carbocycles. The van der Waals surface area contributed by atoms with Crippen molar-refractivity contribution in [2.45, 2.75) is 237 Å². The summed E-state index contributed by atoms with van der Waals surface area (Å²) < 4.78 is 0. The van der Waals surface area contributed by atoms with Crippen LogP contribution in [0, 0.1) is 35.0 Å². The van der Waals surface area contributed by atoms with Crippen LogP contribution in [0.5, 0.6) is 17.2 Å². The van der Waals surface area contributed by atoms with Gasteiger partial charge in [0.05, 0.1) is 31.7 Å². The molecule has 1 aliphatic rings. The van der Waals surface area contributed by atoms with E-state index < -0.39 is 204 Å². The van der Waals surface area contributed by atoms with Crippen molar-refractivity contribution in [3.8, 4) is 17.2 Å². The maximum atomic E-state index is 15.3. The number of aromatic amines is 2. The average Bonchev–Trinajstić information content (AvgIpc) is 1.72. The molecule has 42 nitrogen and oxygen atoms in total. The van der Waals surface area contributed by atoms with Gasteiger partial charge in [0.15, 0.2) is 5.96 Å². The number of carbonyl (C=O) groups is 15. The number of imidazole rings is 2. The Bertz CT molecular complexity index is 4530. The summed E-state index contributed by atoms with van der Waals surface area (Å²) >= 11 is 0. The van der Waals surface area contributed by atoms with Crippen LogP contribution >= 0.6 is 0 Å². The van der Waals surface area contributed by atoms with E-state index in [1.807, 2.05) is 0 Å². The van der Waals surface area contributed by atoms with E-state index in [9.17, 15) is 93.0 Å². The van der Waals surface area contributed by atoms with Gasteiger partial charge in [-0.3, -0.25) is 72.5 Å². The normalized spacial score (nSPS) is 15.8. The number of hydrogen-bond donors (Lipinski definition) is 24. The molecule has 15 atom stereocenters. The number of phenols is 3. The molecule has 26 N–H and O–H groups in total. The number of aliphatic hydroxyl groups excluding tert-OH is 1. The Kier molecular flexibility index (Phi) is 40.4. The molecule has 13 amide bonds. The number of carboxylic acids is 2. The summed E-state index contributed by atoms with van der Waals surface area (Å²) in [5, 5.41) is 101. The second-order valence-corrected chi connectivity index (χ2v) is 33.2. The number of likely N-dealkylation sites (tertiary alicyclic amines) is 1. The number of nitrogens with zero attached hydrogens (tertiary/aromatic N) is 3. The predicted molar refractivity (Wildman–Crippen MR) is 460 cm³/mol. The highest BCUT2D eigenvalue weighted by molar-refractivity contribution is 6.01. The zero-order valence-corrected chi connectivity index (χ0v) is 72.8. The van der Waals surface area contributed by atoms with E-state index in [4.69, 9.17) is 16.9 Å². The maximum Gasteiger partial charge on any atom is 0.328 e. The second-order valence-electron chi connectivity index (χ2n) is 33.2. The summed E-state index contributed by atoms with van der Waals surface area (Å²) in [6.45, 7) is 15.9. The zero-order valence-electron chi connectivity index (χ0n) is 72.8. The number of benzene rings is 3. The van der Waals surface area contributed by atoms with E-state index in [2.05, 4.69) is 89.1 Å². The van der Waals surface area contributed by atoms with Crippen molar-refractivity contribution in [1.29, 1.82) is 5.41 Å². The Morgan fingerprint density at radius 2 is 0.835 bits per heavy atom. The fraction of sp³-hybridized carbons (Fsp3) is 0.529. The molecule has 0 aliphatic carbocycles. The number of guanidine groups is 1. The molecule has 42 heteroatoms. The van der Waals surface area contributed by atoms with Crippen LogP contribution in [0.25, 0.3) is 0 Å². The Labute approximate surface area is 734 Å². The monoisotopic (exact) mass is 1770 g/mol. The standard InChI is InChI=1S/C85H123N21O21/c1-11-47(10)70(105-78(120)62(34-50-20-26-55(110)27-21-50)99-80(122)68(45(6)7)103-72(114)57(14-12-28-91-85(87)88)94-71(113)56(86)37-67(111)112)82(124)101-64(36-52-39-90-42-93-52)83(125)106-29-13-15-66(106)79(121)104-69(46(8)9)81(123)100-63(35-51-38-89-41-92-51)77(119)96-58(30-43(2)3)73(115)95-59(31-44(4)5)74(116)97-60(32-48-16-22-53(108)23-17-48)75(117)98-61(33-49-18-24-54(109)25-19-49)76(118)102-65(40-107)84(126)127/h16-27,38-39,41-47,56-66,68-70,107-110H,11-15,28-37,40,86H2,1-10H3,(H,89,92)(H,90,93)(H,94,113)(H,95,115)(H,96,119)(H,97,116)(H,98,117)(H,99,122)(H,100,123)(H,101,124)(H,102,118)(H,103,114)(H,104,121)(H,105,120)(H,111,112)(H,126,127)(H4,87,88,91)/t47-,56-,57-,58-,59-,60-,61-,62-,63-,64-,65-,66-,68-,69-,70-/m0/s1. The molecule has 2 aromatic heterocycles. The number of H-pyrrole nitrogens is 2. The third-order valence-corrected chi connectivity index (χ3v) is 21.2. The molecule has 127 heavy (non-hydrogen) atoms. The Hall–Kier alpha value is -13.3. The van der Waals surface area contributed by atoms with Crippen LogP contribution in [0.4, 0.5) is 0 Å². The third kappa shape index (κ3) is 33.3. The smallest absolute Gasteiger partial charge is 0.328 e. The molecular weight excluding hydrogens is 1650 g/mol. The summed E-state index contributed by atoms with van der Waals surface area (Å²) in [4.78, 5) is 229. The summed E-state index contributed by atoms with van der Waals surface area (Å²) in [7, 11) is 0. The molecule has 1 fully saturated rings. The van der Waals surface area contributed by atoms with Crippen LogP contribution in [0.15, 0.2) is 97.8 Å². The first-order chi connectivity index (χ1) is 60.0. The van der Waals surface area contributed by atoms with Gasteiger partial charge in [-0.2, -0.15) is 0 Å². The fourth-order valence-electron chi connectivity index (χ4n) is 14.0. The van der Waals surface area contributed by atoms with Gasteiger partial charge in [-0.15, -0.1) is 0 Å². The van der Waals surface area contributed by atoms with Crippen LogP contribution in [0.2, 0.25) is 0 Å². The number of amides is 13. The van der Waals surface area contributed by atoms with Crippen LogP contribution in [0.3, 0.4) is 0 Å². The van der Waals surface area contributed by atoms with Gasteiger partial charge in [0, 0.05) is 69.0 Å². The quantitative estimate of drug-likeness (QED) is 0.0116. The van der Waals surface area contributed by atoms with Crippen molar-refractivity contribution >= 4 is 94.7 Å². The lowest BCUT2D eigenvalue weighted by Crippen LogP contribution is -2.62. The minimum atomic E-state index is -1.78. The Morgan fingerprint density at radius 1 is 0.472 bits per heavy atom. The van der Waals surface area contributed by atoms with Gasteiger partial charge in [0.2, 0.25) is 76.8 Å². The molecule has 5 aromatic rings. The van der Waals surface area contributed by atoms with Crippen molar-refractivity contribution < 1.29 is 103 Å². The molecule has 694 valence electrons. The minimum Gasteiger partial charge on any atom is -0.508 e. The first-order valence-electron chi connectivity index (χ1n) is 42.2. The molecule has 0 radical (unpaired) electrons. The van der Waals surface area contributed by atoms with Crippen molar-refractivity contribution in [3.05, 3.63) is 126 Å². The molecule has 0 saturated carbocycles. The van der Waals surface area contributed by atoms with E-state index in [1.165, 1.54) is 103 Å². The number of aliphatic hydroxyl groups is 1. The number of carboxylic acid groups (broad SMARTS) is 2. The first kappa shape index (κ1) is 103. The molecular formula is C85H123N21O21. The van der Waals surface area contributed by atoms with Gasteiger partial charge in [0.1, 0.15) is 95.8 Å². The Balaban J connectivity index is 1.22. The lowest BCUT2D eigenvalue weighted by molar-refractivity contribution is -0.143. The van der Waals surface area contributed by atoms with Crippen LogP contribution in [-0.4, -0.2) is 254 Å². The predicted octanol–water partition coefficient (Wildman–Crippen LogP) is -1.84. The third-order valence-electron chi connectivity index (χ3n) is 21.2. The number of hydrogen-bond acceptors (Lipinski definition) is 23. The molecule has 6 rings (SSSR count). The number of nitrogens with one attached hydrogen (secondary N) is 16. The van der Waals surface area contributed by atoms with Gasteiger partial charge >= 0.3 is 11.9 Å². The van der Waals surface area contributed by atoms with Crippen molar-refractivity contribution in [2.75, 3.05) is 19.7 Å². The Morgan fingerprint density at radius 3 is 1.23 bits per heavy atom. The lowest BCUT2D eigenvalue weighted by atomic mass is 9.96. The summed E-state index contributed by atoms with van der Waals surface area (Å²) in [5.41, 5.74) is 13.2. The number of aromatic nitrogens is 4. The van der Waals surface area contributed by atoms with Crippen molar-refractivity contribution in [3.63, 3.8) is 0 Å². The molecule has 3 heterocycles. The number of aromatic hydroxyl groups is 3. The van der Waals surface area contributed by atoms with Crippen molar-refractivity contribution in [2.24, 2.45) is 41.1 Å². The fourth-order valence-corrected chi connectivity index (χ4v) is 14.0. The number of aliphatic carboxylic acids is 2. The van der Waals surface area contributed by atoms with Gasteiger partial charge in [-0.25, -0.2) is 14.8 Å². The largest absolute Gasteiger partial charge is 0.508 e. The highest BCUT2D eigenvalue weighted by Crippen LogP contribution is 2.24. The minimum absolute atomic E-state index is 0.0152. The molecule has 0 bridgehead atoms. The first-order valence-corrected chi connectivity index (χ1v) is 42.2. The summed E-state index contributed by atoms with van der Waals surface area (Å²) in [5.74, 6) is -18.0. The molecule has 1 saturated heterocycles. The van der Waals surface area contributed by atoms with E-state index in [0.29, 0.717) is 28.1 Å². The summed E-state index contributed by atoms with van der Waals surface area (Å²) in [6.07, 6.45) is 3.98. The van der Waals surface area contributed by atoms with Gasteiger partial charge < -0.3 is 126 Å². The molecule has 1 aliphatic heterocycles. The van der Waals surface area contributed by atoms with E-state index in [-0.39, 0.29) is 125 Å². The van der Waals surface area contributed by atoms with E-state index in [1.54, 1.807) is 69.2 Å². The number of carbonyl (C=O) groups excluding carboxylic acids is 13. The topological polar surface area (TPSA) is 670 Å². The van der Waals surface area contributed by atoms with Crippen molar-refractivity contribution in [1.82, 2.24) is 94.0 Å². The van der Waals surface area contributed by atoms with Crippen LogP contribution in [0.1, 0.15) is 149 Å². The highest BCUT2D eigenvalue weighted by atomic mass is 16.4.